The number of amides is 1. The minimum atomic E-state index is -0.446. The number of allylic oxidation sites excluding steroid dienone is 2. The van der Waals surface area contributed by atoms with Crippen molar-refractivity contribution in [2.45, 2.75) is 32.1 Å². The minimum absolute atomic E-state index is 0.159. The van der Waals surface area contributed by atoms with Gasteiger partial charge in [0.1, 0.15) is 0 Å². The molecule has 8 heteroatoms. The standard InChI is InChI=1S/C21H17BrCl2N3O2/c22-17-18(21(19(17)28)7-2-1-3-8-21)26-12-5-4-6-13(9-12)27-20(29)16-14(23)10-25-11-15(16)24/h4-6,10-11,26H,1-3,7-8H2,(H,27,29). The fourth-order valence-electron chi connectivity index (χ4n) is 3.95. The summed E-state index contributed by atoms with van der Waals surface area (Å²) >= 11 is 15.5. The quantitative estimate of drug-likeness (QED) is 0.548. The summed E-state index contributed by atoms with van der Waals surface area (Å²) in [4.78, 5) is 29.0. The maximum absolute atomic E-state index is 12.6. The van der Waals surface area contributed by atoms with Gasteiger partial charge in [-0.25, -0.2) is 0 Å². The van der Waals surface area contributed by atoms with Gasteiger partial charge in [-0.05, 0) is 40.9 Å². The molecule has 4 rings (SSSR count). The Hall–Kier alpha value is -1.89. The summed E-state index contributed by atoms with van der Waals surface area (Å²) in [7, 11) is 0. The van der Waals surface area contributed by atoms with Crippen molar-refractivity contribution in [3.63, 3.8) is 0 Å². The van der Waals surface area contributed by atoms with Crippen LogP contribution in [-0.4, -0.2) is 16.7 Å². The van der Waals surface area contributed by atoms with Crippen molar-refractivity contribution in [1.82, 2.24) is 4.98 Å². The zero-order valence-electron chi connectivity index (χ0n) is 15.3. The molecule has 0 aliphatic heterocycles. The van der Waals surface area contributed by atoms with Gasteiger partial charge in [0.25, 0.3) is 5.91 Å². The Bertz CT molecular complexity index is 1010. The van der Waals surface area contributed by atoms with Crippen LogP contribution in [0, 0.1) is 11.5 Å². The van der Waals surface area contributed by atoms with Crippen LogP contribution < -0.4 is 10.6 Å². The molecular weight excluding hydrogens is 477 g/mol. The molecule has 1 spiro atoms. The van der Waals surface area contributed by atoms with Gasteiger partial charge in [-0.2, -0.15) is 0 Å². The van der Waals surface area contributed by atoms with E-state index in [2.05, 4.69) is 37.6 Å². The van der Waals surface area contributed by atoms with E-state index in [1.165, 1.54) is 12.4 Å². The molecule has 2 N–H and O–H groups in total. The highest BCUT2D eigenvalue weighted by Gasteiger charge is 2.53. The second kappa shape index (κ2) is 8.09. The second-order valence-corrected chi connectivity index (χ2v) is 8.80. The number of rotatable bonds is 4. The first-order valence-corrected chi connectivity index (χ1v) is 10.8. The van der Waals surface area contributed by atoms with Crippen LogP contribution >= 0.6 is 39.1 Å². The van der Waals surface area contributed by atoms with E-state index < -0.39 is 11.3 Å². The van der Waals surface area contributed by atoms with E-state index in [0.29, 0.717) is 15.9 Å². The summed E-state index contributed by atoms with van der Waals surface area (Å²) in [6, 6.07) is 8.49. The van der Waals surface area contributed by atoms with Gasteiger partial charge in [0.05, 0.1) is 31.2 Å². The Morgan fingerprint density at radius 1 is 1.10 bits per heavy atom. The molecule has 2 aliphatic rings. The van der Waals surface area contributed by atoms with E-state index in [9.17, 15) is 9.59 Å². The van der Waals surface area contributed by atoms with Crippen LogP contribution in [0.3, 0.4) is 0 Å². The number of nitrogens with one attached hydrogen (secondary N) is 2. The van der Waals surface area contributed by atoms with E-state index in [0.717, 1.165) is 37.8 Å². The zero-order chi connectivity index (χ0) is 20.6. The van der Waals surface area contributed by atoms with Crippen molar-refractivity contribution < 1.29 is 9.59 Å². The minimum Gasteiger partial charge on any atom is -0.356 e. The lowest BCUT2D eigenvalue weighted by atomic mass is 9.62. The fourth-order valence-corrected chi connectivity index (χ4v) is 5.35. The van der Waals surface area contributed by atoms with Gasteiger partial charge in [-0.1, -0.05) is 48.5 Å². The molecule has 2 aromatic rings. The van der Waals surface area contributed by atoms with Gasteiger partial charge in [-0.3, -0.25) is 14.6 Å². The number of hydrogen-bond donors (Lipinski definition) is 2. The van der Waals surface area contributed by atoms with Gasteiger partial charge in [-0.15, -0.1) is 0 Å². The van der Waals surface area contributed by atoms with Gasteiger partial charge in [0, 0.05) is 29.8 Å². The topological polar surface area (TPSA) is 71.1 Å². The van der Waals surface area contributed by atoms with Gasteiger partial charge in [0.15, 0.2) is 5.78 Å². The lowest BCUT2D eigenvalue weighted by Gasteiger charge is -2.45. The van der Waals surface area contributed by atoms with Crippen LogP contribution in [0.15, 0.2) is 40.8 Å². The molecule has 0 bridgehead atoms. The zero-order valence-corrected chi connectivity index (χ0v) is 18.4. The number of hydrogen-bond acceptors (Lipinski definition) is 4. The first-order chi connectivity index (χ1) is 13.9. The largest absolute Gasteiger partial charge is 0.356 e. The summed E-state index contributed by atoms with van der Waals surface area (Å²) in [5.41, 5.74) is 1.78. The van der Waals surface area contributed by atoms with Crippen LogP contribution in [0.4, 0.5) is 11.4 Å². The Balaban J connectivity index is 1.54. The Morgan fingerprint density at radius 3 is 2.45 bits per heavy atom. The third-order valence-electron chi connectivity index (χ3n) is 5.42. The average Bonchev–Trinajstić information content (AvgIpc) is 2.72. The van der Waals surface area contributed by atoms with Gasteiger partial charge < -0.3 is 10.6 Å². The highest BCUT2D eigenvalue weighted by atomic mass is 79.9. The number of aromatic nitrogens is 1. The number of carbonyl (C=O) groups excluding carboxylic acids is 2. The number of nitrogens with zero attached hydrogens (tertiary/aromatic N) is 1. The smallest absolute Gasteiger partial charge is 0.258 e. The summed E-state index contributed by atoms with van der Waals surface area (Å²) < 4.78 is 0.595. The van der Waals surface area contributed by atoms with E-state index in [1.807, 2.05) is 6.07 Å². The number of anilines is 2. The monoisotopic (exact) mass is 492 g/mol. The predicted octanol–water partition coefficient (Wildman–Crippen LogP) is 5.99. The fraction of sp³-hybridized carbons (Fsp3) is 0.286. The van der Waals surface area contributed by atoms with Crippen LogP contribution in [0.2, 0.25) is 10.0 Å². The molecule has 1 aromatic carbocycles. The number of pyridine rings is 1. The SMILES string of the molecule is O=C(Nc1[c]c(NC2=C(Br)C(=O)C23CCCCC3)ccc1)c1c(Cl)cncc1Cl. The molecule has 29 heavy (non-hydrogen) atoms. The van der Waals surface area contributed by atoms with Crippen molar-refractivity contribution in [3.8, 4) is 0 Å². The molecule has 149 valence electrons. The molecule has 1 aromatic heterocycles. The maximum Gasteiger partial charge on any atom is 0.258 e. The highest BCUT2D eigenvalue weighted by Crippen LogP contribution is 2.54. The molecule has 1 radical (unpaired) electrons. The van der Waals surface area contributed by atoms with Crippen LogP contribution in [0.25, 0.3) is 0 Å². The van der Waals surface area contributed by atoms with Crippen LogP contribution in [0.1, 0.15) is 42.5 Å². The molecule has 1 fully saturated rings. The van der Waals surface area contributed by atoms with Gasteiger partial charge in [0.2, 0.25) is 0 Å². The second-order valence-electron chi connectivity index (χ2n) is 7.20. The molecule has 0 saturated heterocycles. The lowest BCUT2D eigenvalue weighted by molar-refractivity contribution is -0.126. The lowest BCUT2D eigenvalue weighted by Crippen LogP contribution is -2.46. The maximum atomic E-state index is 12.6. The number of ketones is 1. The number of carbonyl (C=O) groups is 2. The summed E-state index contributed by atoms with van der Waals surface area (Å²) in [6.45, 7) is 0. The third kappa shape index (κ3) is 3.69. The number of Topliss-reactive ketones (excluding diaryl/α,β-unsaturated/α-hetero) is 1. The molecule has 2 aliphatic carbocycles. The van der Waals surface area contributed by atoms with Crippen molar-refractivity contribution in [1.29, 1.82) is 0 Å². The Kier molecular flexibility index (Phi) is 5.69. The summed E-state index contributed by atoms with van der Waals surface area (Å²) in [5, 5.41) is 6.44. The first kappa shape index (κ1) is 20.4. The van der Waals surface area contributed by atoms with Gasteiger partial charge >= 0.3 is 0 Å². The molecule has 5 nitrogen and oxygen atoms in total. The van der Waals surface area contributed by atoms with E-state index in [1.54, 1.807) is 12.1 Å². The molecule has 1 heterocycles. The van der Waals surface area contributed by atoms with Crippen molar-refractivity contribution in [3.05, 3.63) is 62.4 Å². The third-order valence-corrected chi connectivity index (χ3v) is 6.75. The average molecular weight is 494 g/mol. The number of halogens is 3. The van der Waals surface area contributed by atoms with E-state index in [-0.39, 0.29) is 21.4 Å². The Labute approximate surface area is 187 Å². The molecular formula is C21H17BrCl2N3O2. The van der Waals surface area contributed by atoms with Crippen molar-refractivity contribution in [2.24, 2.45) is 5.41 Å². The molecule has 1 saturated carbocycles. The summed E-state index contributed by atoms with van der Waals surface area (Å²) in [6.07, 6.45) is 7.70. The normalized spacial score (nSPS) is 17.8. The number of benzene rings is 1. The van der Waals surface area contributed by atoms with Crippen LogP contribution in [0.5, 0.6) is 0 Å². The predicted molar refractivity (Wildman–Crippen MR) is 118 cm³/mol. The first-order valence-electron chi connectivity index (χ1n) is 9.27. The van der Waals surface area contributed by atoms with E-state index >= 15 is 0 Å². The summed E-state index contributed by atoms with van der Waals surface area (Å²) in [5.74, 6) is -0.273. The van der Waals surface area contributed by atoms with Crippen molar-refractivity contribution >= 4 is 62.2 Å². The Morgan fingerprint density at radius 2 is 1.76 bits per heavy atom. The molecule has 0 unspecified atom stereocenters. The van der Waals surface area contributed by atoms with Crippen molar-refractivity contribution in [2.75, 3.05) is 10.6 Å². The van der Waals surface area contributed by atoms with Crippen LogP contribution in [-0.2, 0) is 4.79 Å². The highest BCUT2D eigenvalue weighted by molar-refractivity contribution is 9.12. The van der Waals surface area contributed by atoms with E-state index in [4.69, 9.17) is 23.2 Å². The molecule has 0 atom stereocenters. The molecule has 1 amide bonds.